The Labute approximate surface area is 188 Å². The average Bonchev–Trinajstić information content (AvgIpc) is 3.46. The van der Waals surface area contributed by atoms with Crippen LogP contribution in [0.3, 0.4) is 0 Å². The van der Waals surface area contributed by atoms with Crippen molar-refractivity contribution in [3.63, 3.8) is 0 Å². The van der Waals surface area contributed by atoms with Crippen LogP contribution in [0.5, 0.6) is 0 Å². The third-order valence-electron chi connectivity index (χ3n) is 5.82. The van der Waals surface area contributed by atoms with Gasteiger partial charge in [-0.15, -0.1) is 11.3 Å². The van der Waals surface area contributed by atoms with Crippen LogP contribution >= 0.6 is 11.3 Å². The molecule has 3 aromatic carbocycles. The molecule has 0 aliphatic carbocycles. The lowest BCUT2D eigenvalue weighted by molar-refractivity contribution is 0.0791. The predicted octanol–water partition coefficient (Wildman–Crippen LogP) is 4.81. The van der Waals surface area contributed by atoms with Crippen LogP contribution in [0.4, 0.5) is 4.39 Å². The molecule has 1 aliphatic heterocycles. The molecular formula is C25H19FN4OS. The van der Waals surface area contributed by atoms with E-state index >= 15 is 0 Å². The number of benzene rings is 3. The van der Waals surface area contributed by atoms with E-state index in [1.807, 2.05) is 30.3 Å². The quantitative estimate of drug-likeness (QED) is 0.493. The molecule has 158 valence electrons. The Balaban J connectivity index is 1.65. The van der Waals surface area contributed by atoms with Crippen LogP contribution < -0.4 is 5.73 Å². The monoisotopic (exact) mass is 442 g/mol. The Hall–Kier alpha value is -3.60. The molecule has 2 N–H and O–H groups in total. The van der Waals surface area contributed by atoms with Crippen molar-refractivity contribution < 1.29 is 9.18 Å². The van der Waals surface area contributed by atoms with Crippen LogP contribution in [0.1, 0.15) is 22.3 Å². The molecule has 0 unspecified atom stereocenters. The van der Waals surface area contributed by atoms with Gasteiger partial charge in [-0.05, 0) is 65.1 Å². The number of hydrogen-bond acceptors (Lipinski definition) is 5. The minimum atomic E-state index is -0.590. The Morgan fingerprint density at radius 3 is 2.69 bits per heavy atom. The van der Waals surface area contributed by atoms with Crippen molar-refractivity contribution in [2.75, 3.05) is 13.1 Å². The van der Waals surface area contributed by atoms with Crippen molar-refractivity contribution in [2.24, 2.45) is 5.73 Å². The van der Waals surface area contributed by atoms with Gasteiger partial charge >= 0.3 is 0 Å². The Bertz CT molecular complexity index is 1390. The molecule has 5 rings (SSSR count). The molecule has 4 aromatic rings. The highest BCUT2D eigenvalue weighted by molar-refractivity contribution is 7.16. The number of nitrogens with zero attached hydrogens (tertiary/aromatic N) is 3. The lowest BCUT2D eigenvalue weighted by atomic mass is 9.92. The third kappa shape index (κ3) is 3.64. The molecule has 0 spiro atoms. The predicted molar refractivity (Wildman–Crippen MR) is 124 cm³/mol. The Morgan fingerprint density at radius 2 is 1.94 bits per heavy atom. The summed E-state index contributed by atoms with van der Waals surface area (Å²) in [5.74, 6) is -0.678. The smallest absolute Gasteiger partial charge is 0.253 e. The standard InChI is InChI=1S/C25H19FN4OS/c26-22-10-15(1-2-18(22)12-27)21-9-17(25(31)30-8-7-19(28)13-30)3-5-20(21)16-4-6-24-23(11-16)29-14-32-24/h1-6,9-11,14,19H,7-8,13,28H2/t19-/m0/s1. The average molecular weight is 443 g/mol. The molecule has 5 nitrogen and oxygen atoms in total. The van der Waals surface area contributed by atoms with E-state index in [1.54, 1.807) is 39.9 Å². The zero-order chi connectivity index (χ0) is 22.2. The van der Waals surface area contributed by atoms with Gasteiger partial charge in [0.25, 0.3) is 5.91 Å². The number of nitrogens with two attached hydrogens (primary N) is 1. The number of rotatable bonds is 3. The van der Waals surface area contributed by atoms with Gasteiger partial charge in [-0.2, -0.15) is 5.26 Å². The summed E-state index contributed by atoms with van der Waals surface area (Å²) in [6.45, 7) is 1.16. The van der Waals surface area contributed by atoms with Gasteiger partial charge in [0.2, 0.25) is 0 Å². The van der Waals surface area contributed by atoms with Gasteiger partial charge in [-0.25, -0.2) is 9.37 Å². The maximum atomic E-state index is 14.5. The van der Waals surface area contributed by atoms with Crippen molar-refractivity contribution in [3.8, 4) is 28.3 Å². The summed E-state index contributed by atoms with van der Waals surface area (Å²) in [5.41, 5.74) is 12.3. The molecule has 1 saturated heterocycles. The number of thiazole rings is 1. The van der Waals surface area contributed by atoms with E-state index in [9.17, 15) is 9.18 Å². The fraction of sp³-hybridized carbons (Fsp3) is 0.160. The van der Waals surface area contributed by atoms with Gasteiger partial charge in [-0.3, -0.25) is 4.79 Å². The molecule has 2 heterocycles. The number of nitriles is 1. The number of carbonyl (C=O) groups is 1. The Kier molecular flexibility index (Phi) is 5.17. The van der Waals surface area contributed by atoms with Gasteiger partial charge in [0.1, 0.15) is 11.9 Å². The van der Waals surface area contributed by atoms with Crippen LogP contribution in [0, 0.1) is 17.1 Å². The minimum absolute atomic E-state index is 0.00449. The van der Waals surface area contributed by atoms with E-state index in [0.717, 1.165) is 33.3 Å². The summed E-state index contributed by atoms with van der Waals surface area (Å²) in [6, 6.07) is 17.9. The lowest BCUT2D eigenvalue weighted by Gasteiger charge is -2.18. The summed E-state index contributed by atoms with van der Waals surface area (Å²) >= 11 is 1.57. The number of fused-ring (bicyclic) bond motifs is 1. The van der Waals surface area contributed by atoms with Crippen LogP contribution in [0.2, 0.25) is 0 Å². The molecule has 1 amide bonds. The molecule has 1 atom stereocenters. The number of aromatic nitrogens is 1. The normalized spacial score (nSPS) is 15.8. The first-order valence-electron chi connectivity index (χ1n) is 10.3. The minimum Gasteiger partial charge on any atom is -0.337 e. The van der Waals surface area contributed by atoms with Gasteiger partial charge < -0.3 is 10.6 Å². The van der Waals surface area contributed by atoms with Crippen LogP contribution in [0.25, 0.3) is 32.5 Å². The SMILES string of the molecule is N#Cc1ccc(-c2cc(C(=O)N3CC[C@H](N)C3)ccc2-c2ccc3scnc3c2)cc1F. The van der Waals surface area contributed by atoms with Crippen molar-refractivity contribution in [3.05, 3.63) is 77.1 Å². The molecule has 1 aliphatic rings. The molecular weight excluding hydrogens is 423 g/mol. The Morgan fingerprint density at radius 1 is 1.12 bits per heavy atom. The van der Waals surface area contributed by atoms with E-state index in [4.69, 9.17) is 11.0 Å². The maximum Gasteiger partial charge on any atom is 0.253 e. The van der Waals surface area contributed by atoms with E-state index in [1.165, 1.54) is 12.1 Å². The molecule has 0 bridgehead atoms. The second-order valence-electron chi connectivity index (χ2n) is 7.90. The first-order valence-corrected chi connectivity index (χ1v) is 11.1. The zero-order valence-corrected chi connectivity index (χ0v) is 17.9. The van der Waals surface area contributed by atoms with E-state index in [2.05, 4.69) is 4.98 Å². The zero-order valence-electron chi connectivity index (χ0n) is 17.1. The van der Waals surface area contributed by atoms with Crippen molar-refractivity contribution in [1.29, 1.82) is 5.26 Å². The topological polar surface area (TPSA) is 83.0 Å². The molecule has 0 saturated carbocycles. The molecule has 1 fully saturated rings. The number of halogens is 1. The van der Waals surface area contributed by atoms with Gasteiger partial charge in [-0.1, -0.05) is 18.2 Å². The highest BCUT2D eigenvalue weighted by atomic mass is 32.1. The fourth-order valence-electron chi connectivity index (χ4n) is 4.12. The van der Waals surface area contributed by atoms with Crippen LogP contribution in [-0.2, 0) is 0 Å². The summed E-state index contributed by atoms with van der Waals surface area (Å²) in [5, 5.41) is 9.10. The van der Waals surface area contributed by atoms with Gasteiger partial charge in [0.05, 0.1) is 21.3 Å². The summed E-state index contributed by atoms with van der Waals surface area (Å²) in [7, 11) is 0. The summed E-state index contributed by atoms with van der Waals surface area (Å²) in [6.07, 6.45) is 0.783. The number of carbonyl (C=O) groups excluding carboxylic acids is 1. The van der Waals surface area contributed by atoms with Crippen molar-refractivity contribution in [1.82, 2.24) is 9.88 Å². The van der Waals surface area contributed by atoms with Crippen LogP contribution in [-0.4, -0.2) is 34.9 Å². The second kappa shape index (κ2) is 8.15. The third-order valence-corrected chi connectivity index (χ3v) is 6.63. The van der Waals surface area contributed by atoms with Gasteiger partial charge in [0.15, 0.2) is 0 Å². The van der Waals surface area contributed by atoms with Crippen LogP contribution in [0.15, 0.2) is 60.1 Å². The first-order chi connectivity index (χ1) is 15.5. The highest BCUT2D eigenvalue weighted by Crippen LogP contribution is 2.36. The number of likely N-dealkylation sites (tertiary alicyclic amines) is 1. The summed E-state index contributed by atoms with van der Waals surface area (Å²) < 4.78 is 15.5. The highest BCUT2D eigenvalue weighted by Gasteiger charge is 2.25. The van der Waals surface area contributed by atoms with Gasteiger partial charge in [0, 0.05) is 24.7 Å². The molecule has 7 heteroatoms. The van der Waals surface area contributed by atoms with E-state index in [-0.39, 0.29) is 17.5 Å². The van der Waals surface area contributed by atoms with Crippen molar-refractivity contribution in [2.45, 2.75) is 12.5 Å². The number of amides is 1. The maximum absolute atomic E-state index is 14.5. The second-order valence-corrected chi connectivity index (χ2v) is 8.79. The molecule has 1 aromatic heterocycles. The first kappa shape index (κ1) is 20.3. The van der Waals surface area contributed by atoms with E-state index in [0.29, 0.717) is 24.2 Å². The lowest BCUT2D eigenvalue weighted by Crippen LogP contribution is -2.31. The number of hydrogen-bond donors (Lipinski definition) is 1. The fourth-order valence-corrected chi connectivity index (χ4v) is 4.78. The molecule has 0 radical (unpaired) electrons. The van der Waals surface area contributed by atoms with Crippen molar-refractivity contribution >= 4 is 27.5 Å². The summed E-state index contributed by atoms with van der Waals surface area (Å²) in [4.78, 5) is 19.2. The largest absolute Gasteiger partial charge is 0.337 e. The molecule has 32 heavy (non-hydrogen) atoms. The van der Waals surface area contributed by atoms with E-state index < -0.39 is 5.82 Å².